The van der Waals surface area contributed by atoms with Crippen molar-refractivity contribution in [3.8, 4) is 11.5 Å². The molecule has 0 spiro atoms. The molecule has 0 bridgehead atoms. The second-order valence-corrected chi connectivity index (χ2v) is 13.4. The highest BCUT2D eigenvalue weighted by atomic mass is 16.5. The molecule has 1 saturated carbocycles. The summed E-state index contributed by atoms with van der Waals surface area (Å²) in [6.07, 6.45) is 2.48. The first-order chi connectivity index (χ1) is 23.7. The number of methoxy groups -OCH3 is 1. The van der Waals surface area contributed by atoms with Gasteiger partial charge in [0.1, 0.15) is 11.5 Å². The van der Waals surface area contributed by atoms with Crippen LogP contribution in [0.15, 0.2) is 115 Å². The number of phenols is 1. The molecule has 4 aliphatic rings. The summed E-state index contributed by atoms with van der Waals surface area (Å²) < 4.78 is 5.74. The summed E-state index contributed by atoms with van der Waals surface area (Å²) >= 11 is 0. The summed E-state index contributed by atoms with van der Waals surface area (Å²) in [5.41, 5.74) is 2.56. The average molecular weight is 654 g/mol. The highest BCUT2D eigenvalue weighted by molar-refractivity contribution is 6.25. The van der Waals surface area contributed by atoms with Crippen LogP contribution in [-0.2, 0) is 19.2 Å². The van der Waals surface area contributed by atoms with Crippen molar-refractivity contribution in [1.82, 2.24) is 0 Å². The number of ether oxygens (including phenoxy) is 1. The summed E-state index contributed by atoms with van der Waals surface area (Å²) in [4.78, 5) is 59.9. The van der Waals surface area contributed by atoms with Gasteiger partial charge < -0.3 is 15.2 Å². The van der Waals surface area contributed by atoms with E-state index in [9.17, 15) is 24.3 Å². The number of carbonyl (C=O) groups is 4. The fourth-order valence-corrected chi connectivity index (χ4v) is 8.78. The zero-order valence-electron chi connectivity index (χ0n) is 27.1. The number of benzene rings is 4. The standard InChI is InChI=1S/C40H35N3O6/c1-40-30(37(46)43(39(40)48)25-12-7-4-8-13-25)22-29-27(35(40)34-31(44)14-9-15-32(34)49-2)20-21-28-33(29)38(47)42(36(28)45)26-18-16-24(17-19-26)41-23-10-5-3-6-11-23/h3-20,28-30,33,35,41,44H,21-22H2,1-2H3/t28-,29+,30-,33-,35+,40+/m0/s1. The van der Waals surface area contributed by atoms with Crippen LogP contribution in [0.1, 0.15) is 31.2 Å². The van der Waals surface area contributed by atoms with Crippen LogP contribution in [0.5, 0.6) is 11.5 Å². The number of hydrogen-bond acceptors (Lipinski definition) is 7. The lowest BCUT2D eigenvalue weighted by atomic mass is 9.51. The molecule has 6 atom stereocenters. The monoisotopic (exact) mass is 653 g/mol. The lowest BCUT2D eigenvalue weighted by Crippen LogP contribution is -2.49. The number of amides is 4. The quantitative estimate of drug-likeness (QED) is 0.178. The van der Waals surface area contributed by atoms with Gasteiger partial charge in [-0.3, -0.25) is 24.1 Å². The fraction of sp³-hybridized carbons (Fsp3) is 0.250. The molecule has 4 aromatic rings. The zero-order valence-corrected chi connectivity index (χ0v) is 27.1. The molecule has 2 aliphatic carbocycles. The molecule has 2 saturated heterocycles. The Hall–Kier alpha value is -5.70. The summed E-state index contributed by atoms with van der Waals surface area (Å²) in [5, 5.41) is 14.7. The lowest BCUT2D eigenvalue weighted by molar-refractivity contribution is -0.131. The number of para-hydroxylation sites is 2. The van der Waals surface area contributed by atoms with Crippen molar-refractivity contribution in [1.29, 1.82) is 0 Å². The van der Waals surface area contributed by atoms with Gasteiger partial charge >= 0.3 is 0 Å². The highest BCUT2D eigenvalue weighted by Crippen LogP contribution is 2.65. The van der Waals surface area contributed by atoms with Crippen LogP contribution in [0.4, 0.5) is 22.7 Å². The summed E-state index contributed by atoms with van der Waals surface area (Å²) in [6, 6.07) is 30.7. The van der Waals surface area contributed by atoms with Gasteiger partial charge in [-0.25, -0.2) is 4.90 Å². The predicted octanol–water partition coefficient (Wildman–Crippen LogP) is 6.58. The van der Waals surface area contributed by atoms with Gasteiger partial charge in [0, 0.05) is 22.9 Å². The van der Waals surface area contributed by atoms with E-state index in [1.54, 1.807) is 61.5 Å². The maximum absolute atomic E-state index is 14.6. The first-order valence-electron chi connectivity index (χ1n) is 16.5. The Bertz CT molecular complexity index is 2030. The molecule has 9 nitrogen and oxygen atoms in total. The Morgan fingerprint density at radius 3 is 2.08 bits per heavy atom. The van der Waals surface area contributed by atoms with Crippen LogP contribution in [-0.4, -0.2) is 35.8 Å². The molecule has 246 valence electrons. The molecule has 2 N–H and O–H groups in total. The van der Waals surface area contributed by atoms with Crippen LogP contribution in [0.25, 0.3) is 0 Å². The smallest absolute Gasteiger partial charge is 0.241 e. The topological polar surface area (TPSA) is 116 Å². The van der Waals surface area contributed by atoms with Gasteiger partial charge in [0.15, 0.2) is 0 Å². The van der Waals surface area contributed by atoms with E-state index in [1.165, 1.54) is 16.9 Å². The summed E-state index contributed by atoms with van der Waals surface area (Å²) in [5.74, 6) is -4.45. The molecule has 0 radical (unpaired) electrons. The Morgan fingerprint density at radius 1 is 0.735 bits per heavy atom. The van der Waals surface area contributed by atoms with Crippen LogP contribution in [0, 0.1) is 29.1 Å². The zero-order chi connectivity index (χ0) is 34.0. The summed E-state index contributed by atoms with van der Waals surface area (Å²) in [7, 11) is 1.50. The number of nitrogens with one attached hydrogen (secondary N) is 1. The Morgan fingerprint density at radius 2 is 1.39 bits per heavy atom. The number of nitrogens with zero attached hydrogens (tertiary/aromatic N) is 2. The number of aromatic hydroxyl groups is 1. The van der Waals surface area contributed by atoms with Crippen LogP contribution < -0.4 is 19.9 Å². The number of hydrogen-bond donors (Lipinski definition) is 2. The SMILES string of the molecule is COc1cccc(O)c1[C@H]1C2=CC[C@@H]3C(=O)N(c4ccc(Nc5ccccc5)cc4)C(=O)[C@@H]3[C@@H]2C[C@H]2C(=O)N(c3ccccc3)C(=O)[C@@]12C. The largest absolute Gasteiger partial charge is 0.508 e. The van der Waals surface area contributed by atoms with Gasteiger partial charge in [-0.2, -0.15) is 0 Å². The van der Waals surface area contributed by atoms with E-state index in [2.05, 4.69) is 5.32 Å². The van der Waals surface area contributed by atoms with Gasteiger partial charge in [-0.1, -0.05) is 54.1 Å². The molecule has 4 aromatic carbocycles. The maximum atomic E-state index is 14.6. The second kappa shape index (κ2) is 11.5. The van der Waals surface area contributed by atoms with Gasteiger partial charge in [0.2, 0.25) is 23.6 Å². The molecular formula is C40H35N3O6. The number of phenolic OH excluding ortho intramolecular Hbond substituents is 1. The van der Waals surface area contributed by atoms with Crippen molar-refractivity contribution >= 4 is 46.4 Å². The predicted molar refractivity (Wildman–Crippen MR) is 184 cm³/mol. The van der Waals surface area contributed by atoms with Gasteiger partial charge in [0.05, 0.1) is 41.7 Å². The van der Waals surface area contributed by atoms with Gasteiger partial charge in [0.25, 0.3) is 0 Å². The van der Waals surface area contributed by atoms with E-state index in [-0.39, 0.29) is 35.8 Å². The number of anilines is 4. The average Bonchev–Trinajstić information content (AvgIpc) is 3.49. The minimum atomic E-state index is -1.29. The van der Waals surface area contributed by atoms with Crippen molar-refractivity contribution in [2.45, 2.75) is 25.7 Å². The van der Waals surface area contributed by atoms with Gasteiger partial charge in [-0.05, 0) is 86.3 Å². The van der Waals surface area contributed by atoms with Crippen LogP contribution in [0.2, 0.25) is 0 Å². The van der Waals surface area contributed by atoms with Crippen LogP contribution in [0.3, 0.4) is 0 Å². The number of allylic oxidation sites excluding steroid dienone is 2. The third kappa shape index (κ3) is 4.52. The van der Waals surface area contributed by atoms with E-state index < -0.39 is 35.0 Å². The van der Waals surface area contributed by atoms with E-state index in [0.29, 0.717) is 29.1 Å². The van der Waals surface area contributed by atoms with E-state index in [0.717, 1.165) is 16.9 Å². The molecule has 9 heteroatoms. The van der Waals surface area contributed by atoms with Crippen molar-refractivity contribution in [3.05, 3.63) is 120 Å². The molecule has 49 heavy (non-hydrogen) atoms. The summed E-state index contributed by atoms with van der Waals surface area (Å²) in [6.45, 7) is 1.79. The molecule has 4 amide bonds. The maximum Gasteiger partial charge on any atom is 0.241 e. The van der Waals surface area contributed by atoms with Crippen molar-refractivity contribution in [2.24, 2.45) is 29.1 Å². The highest BCUT2D eigenvalue weighted by Gasteiger charge is 2.68. The van der Waals surface area contributed by atoms with Gasteiger partial charge in [-0.15, -0.1) is 0 Å². The number of fused-ring (bicyclic) bond motifs is 4. The Balaban J connectivity index is 1.20. The van der Waals surface area contributed by atoms with Crippen molar-refractivity contribution < 1.29 is 29.0 Å². The molecule has 0 unspecified atom stereocenters. The Labute approximate surface area is 283 Å². The third-order valence-electron chi connectivity index (χ3n) is 11.0. The minimum absolute atomic E-state index is 0.0638. The first-order valence-corrected chi connectivity index (χ1v) is 16.5. The molecule has 0 aromatic heterocycles. The molecule has 2 heterocycles. The Kier molecular flexibility index (Phi) is 7.17. The van der Waals surface area contributed by atoms with E-state index in [1.807, 2.05) is 54.6 Å². The van der Waals surface area contributed by atoms with E-state index >= 15 is 0 Å². The third-order valence-corrected chi connectivity index (χ3v) is 11.0. The number of carbonyl (C=O) groups excluding carboxylic acids is 4. The van der Waals surface area contributed by atoms with Crippen LogP contribution >= 0.6 is 0 Å². The molecule has 3 fully saturated rings. The first kappa shape index (κ1) is 30.6. The number of rotatable bonds is 6. The molecular weight excluding hydrogens is 618 g/mol. The minimum Gasteiger partial charge on any atom is -0.508 e. The second-order valence-electron chi connectivity index (χ2n) is 13.4. The molecule has 2 aliphatic heterocycles. The molecule has 8 rings (SSSR count). The number of imide groups is 2. The van der Waals surface area contributed by atoms with E-state index in [4.69, 9.17) is 4.74 Å². The van der Waals surface area contributed by atoms with Crippen molar-refractivity contribution in [2.75, 3.05) is 22.2 Å². The fourth-order valence-electron chi connectivity index (χ4n) is 8.78. The normalized spacial score (nSPS) is 27.4. The lowest BCUT2D eigenvalue weighted by Gasteiger charge is -2.49. The van der Waals surface area contributed by atoms with Crippen molar-refractivity contribution in [3.63, 3.8) is 0 Å².